The highest BCUT2D eigenvalue weighted by Gasteiger charge is 2.26. The molecule has 0 radical (unpaired) electrons. The largest absolute Gasteiger partial charge is 0.610 e. The van der Waals surface area contributed by atoms with Crippen molar-refractivity contribution < 1.29 is 19.6 Å². The first-order chi connectivity index (χ1) is 7.50. The van der Waals surface area contributed by atoms with Crippen LogP contribution in [-0.4, -0.2) is 31.5 Å². The number of halogens is 1. The minimum atomic E-state index is -1.40. The number of carbonyl (C=O) groups is 1. The van der Waals surface area contributed by atoms with Crippen molar-refractivity contribution in [2.75, 3.05) is 0 Å². The second-order valence-electron chi connectivity index (χ2n) is 3.13. The van der Waals surface area contributed by atoms with Gasteiger partial charge in [-0.3, -0.25) is 4.79 Å². The van der Waals surface area contributed by atoms with E-state index in [2.05, 4.69) is 0 Å². The minimum Gasteiger partial charge on any atom is -0.610 e. The standard InChI is InChI=1S/C9H11ClO4S2/c10-7(4-6(11)5-8(12)13)16(14)9-2-1-3-15-9/h1-3,6-7,11H,4-5H2,(H,12,13). The number of aliphatic carboxylic acids is 1. The van der Waals surface area contributed by atoms with E-state index in [1.807, 2.05) is 0 Å². The molecule has 1 aromatic rings. The van der Waals surface area contributed by atoms with Gasteiger partial charge in [0.15, 0.2) is 4.71 Å². The fourth-order valence-electron chi connectivity index (χ4n) is 1.09. The molecular formula is C9H11ClO4S2. The SMILES string of the molecule is O=C(O)CC(O)CC(Cl)[S+]([O-])c1cccs1. The van der Waals surface area contributed by atoms with Gasteiger partial charge < -0.3 is 14.8 Å². The number of hydrogen-bond acceptors (Lipinski definition) is 4. The molecule has 1 heterocycles. The van der Waals surface area contributed by atoms with Crippen molar-refractivity contribution in [2.24, 2.45) is 0 Å². The first-order valence-corrected chi connectivity index (χ1v) is 7.01. The predicted molar refractivity (Wildman–Crippen MR) is 63.2 cm³/mol. The molecule has 90 valence electrons. The van der Waals surface area contributed by atoms with Crippen LogP contribution < -0.4 is 0 Å². The summed E-state index contributed by atoms with van der Waals surface area (Å²) >= 11 is 5.77. The van der Waals surface area contributed by atoms with Crippen molar-refractivity contribution in [1.29, 1.82) is 0 Å². The summed E-state index contributed by atoms with van der Waals surface area (Å²) in [5, 5.41) is 19.6. The van der Waals surface area contributed by atoms with Crippen LogP contribution in [-0.2, 0) is 16.0 Å². The smallest absolute Gasteiger partial charge is 0.305 e. The van der Waals surface area contributed by atoms with Gasteiger partial charge in [0, 0.05) is 23.7 Å². The second kappa shape index (κ2) is 6.46. The van der Waals surface area contributed by atoms with E-state index in [1.54, 1.807) is 17.5 Å². The Morgan fingerprint density at radius 2 is 2.38 bits per heavy atom. The Balaban J connectivity index is 2.45. The monoisotopic (exact) mass is 282 g/mol. The van der Waals surface area contributed by atoms with E-state index in [1.165, 1.54) is 11.3 Å². The summed E-state index contributed by atoms with van der Waals surface area (Å²) in [5.74, 6) is -1.10. The van der Waals surface area contributed by atoms with Gasteiger partial charge in [-0.05, 0) is 11.4 Å². The van der Waals surface area contributed by atoms with Crippen molar-refractivity contribution >= 4 is 40.1 Å². The van der Waals surface area contributed by atoms with Crippen LogP contribution in [0.15, 0.2) is 21.7 Å². The zero-order valence-corrected chi connectivity index (χ0v) is 10.6. The third-order valence-electron chi connectivity index (χ3n) is 1.79. The van der Waals surface area contributed by atoms with Gasteiger partial charge in [0.2, 0.25) is 4.21 Å². The molecule has 16 heavy (non-hydrogen) atoms. The second-order valence-corrected chi connectivity index (χ2v) is 6.72. The normalized spacial score (nSPS) is 16.7. The maximum atomic E-state index is 11.8. The van der Waals surface area contributed by atoms with E-state index in [0.717, 1.165) is 0 Å². The lowest BCUT2D eigenvalue weighted by Gasteiger charge is -2.16. The lowest BCUT2D eigenvalue weighted by atomic mass is 10.2. The fourth-order valence-corrected chi connectivity index (χ4v) is 3.95. The first kappa shape index (κ1) is 13.8. The molecule has 0 aliphatic rings. The van der Waals surface area contributed by atoms with Crippen LogP contribution in [0.5, 0.6) is 0 Å². The minimum absolute atomic E-state index is 0.00162. The number of thiophene rings is 1. The van der Waals surface area contributed by atoms with E-state index in [4.69, 9.17) is 16.7 Å². The van der Waals surface area contributed by atoms with E-state index in [0.29, 0.717) is 4.21 Å². The Labute approximate surface area is 105 Å². The van der Waals surface area contributed by atoms with E-state index < -0.39 is 28.0 Å². The lowest BCUT2D eigenvalue weighted by Crippen LogP contribution is -2.23. The molecule has 2 N–H and O–H groups in total. The molecule has 1 aromatic heterocycles. The van der Waals surface area contributed by atoms with E-state index in [-0.39, 0.29) is 12.8 Å². The van der Waals surface area contributed by atoms with Gasteiger partial charge in [0.05, 0.1) is 12.5 Å². The Hall–Kier alpha value is -0.270. The zero-order chi connectivity index (χ0) is 12.1. The Kier molecular flexibility index (Phi) is 5.57. The summed E-state index contributed by atoms with van der Waals surface area (Å²) in [5.41, 5.74) is 0. The highest BCUT2D eigenvalue weighted by atomic mass is 35.5. The molecule has 3 atom stereocenters. The molecule has 7 heteroatoms. The molecule has 3 unspecified atom stereocenters. The van der Waals surface area contributed by atoms with Crippen LogP contribution in [0, 0.1) is 0 Å². The number of carboxylic acids is 1. The third-order valence-corrected chi connectivity index (χ3v) is 5.09. The summed E-state index contributed by atoms with van der Waals surface area (Å²) in [6, 6.07) is 3.45. The molecule has 0 amide bonds. The molecule has 0 aliphatic carbocycles. The summed E-state index contributed by atoms with van der Waals surface area (Å²) in [4.78, 5) is 10.3. The van der Waals surface area contributed by atoms with Crippen LogP contribution in [0.1, 0.15) is 12.8 Å². The number of rotatable bonds is 6. The molecule has 0 aromatic carbocycles. The Morgan fingerprint density at radius 1 is 1.69 bits per heavy atom. The maximum Gasteiger partial charge on any atom is 0.305 e. The predicted octanol–water partition coefficient (Wildman–Crippen LogP) is 1.65. The fraction of sp³-hybridized carbons (Fsp3) is 0.444. The molecule has 0 fully saturated rings. The van der Waals surface area contributed by atoms with Crippen LogP contribution >= 0.6 is 22.9 Å². The van der Waals surface area contributed by atoms with Crippen molar-refractivity contribution in [2.45, 2.75) is 27.9 Å². The van der Waals surface area contributed by atoms with Crippen molar-refractivity contribution in [1.82, 2.24) is 0 Å². The molecule has 0 saturated carbocycles. The van der Waals surface area contributed by atoms with Crippen molar-refractivity contribution in [3.05, 3.63) is 17.5 Å². The van der Waals surface area contributed by atoms with E-state index >= 15 is 0 Å². The van der Waals surface area contributed by atoms with Gasteiger partial charge in [0.1, 0.15) is 0 Å². The summed E-state index contributed by atoms with van der Waals surface area (Å²) in [7, 11) is 0. The highest BCUT2D eigenvalue weighted by molar-refractivity contribution is 7.95. The number of hydrogen-bond donors (Lipinski definition) is 2. The van der Waals surface area contributed by atoms with Gasteiger partial charge in [0.25, 0.3) is 0 Å². The molecule has 0 spiro atoms. The Bertz CT molecular complexity index is 330. The van der Waals surface area contributed by atoms with E-state index in [9.17, 15) is 14.5 Å². The molecule has 0 bridgehead atoms. The lowest BCUT2D eigenvalue weighted by molar-refractivity contribution is -0.139. The maximum absolute atomic E-state index is 11.8. The van der Waals surface area contributed by atoms with Gasteiger partial charge in [-0.2, -0.15) is 0 Å². The molecule has 4 nitrogen and oxygen atoms in total. The van der Waals surface area contributed by atoms with Crippen LogP contribution in [0.4, 0.5) is 0 Å². The van der Waals surface area contributed by atoms with Crippen LogP contribution in [0.25, 0.3) is 0 Å². The number of carboxylic acid groups (broad SMARTS) is 1. The number of aliphatic hydroxyl groups excluding tert-OH is 1. The van der Waals surface area contributed by atoms with Crippen molar-refractivity contribution in [3.63, 3.8) is 0 Å². The van der Waals surface area contributed by atoms with Gasteiger partial charge in [-0.25, -0.2) is 0 Å². The summed E-state index contributed by atoms with van der Waals surface area (Å²) < 4.78 is 11.6. The number of alkyl halides is 1. The third kappa shape index (κ3) is 4.31. The topological polar surface area (TPSA) is 80.6 Å². The number of aliphatic hydroxyl groups is 1. The quantitative estimate of drug-likeness (QED) is 0.614. The summed E-state index contributed by atoms with van der Waals surface area (Å²) in [6.45, 7) is 0. The van der Waals surface area contributed by atoms with Crippen LogP contribution in [0.2, 0.25) is 0 Å². The highest BCUT2D eigenvalue weighted by Crippen LogP contribution is 2.26. The average Bonchev–Trinajstić information content (AvgIpc) is 2.67. The van der Waals surface area contributed by atoms with Gasteiger partial charge in [-0.15, -0.1) is 0 Å². The first-order valence-electron chi connectivity index (χ1n) is 4.48. The van der Waals surface area contributed by atoms with Gasteiger partial charge in [-0.1, -0.05) is 22.9 Å². The Morgan fingerprint density at radius 3 is 2.88 bits per heavy atom. The van der Waals surface area contributed by atoms with Crippen molar-refractivity contribution in [3.8, 4) is 0 Å². The summed E-state index contributed by atoms with van der Waals surface area (Å²) in [6.07, 6.45) is -1.45. The molecule has 0 saturated heterocycles. The van der Waals surface area contributed by atoms with Crippen LogP contribution in [0.3, 0.4) is 0 Å². The molecule has 0 aliphatic heterocycles. The van der Waals surface area contributed by atoms with Gasteiger partial charge >= 0.3 is 5.97 Å². The molecule has 1 rings (SSSR count). The zero-order valence-electron chi connectivity index (χ0n) is 8.21. The average molecular weight is 283 g/mol. The molecular weight excluding hydrogens is 272 g/mol.